The van der Waals surface area contributed by atoms with Crippen molar-refractivity contribution in [1.29, 1.82) is 5.41 Å². The Morgan fingerprint density at radius 2 is 1.82 bits per heavy atom. The second kappa shape index (κ2) is 10.1. The van der Waals surface area contributed by atoms with Crippen LogP contribution in [0.2, 0.25) is 0 Å². The molecule has 33 heavy (non-hydrogen) atoms. The van der Waals surface area contributed by atoms with Crippen molar-refractivity contribution in [3.05, 3.63) is 71.7 Å². The minimum absolute atomic E-state index is 0.0689. The highest BCUT2D eigenvalue weighted by atomic mass is 32.2. The minimum atomic E-state index is -3.95. The van der Waals surface area contributed by atoms with Crippen LogP contribution in [0.4, 0.5) is 10.3 Å². The zero-order valence-corrected chi connectivity index (χ0v) is 19.8. The van der Waals surface area contributed by atoms with E-state index < -0.39 is 10.1 Å². The lowest BCUT2D eigenvalue weighted by atomic mass is 9.95. The van der Waals surface area contributed by atoms with Crippen molar-refractivity contribution in [2.45, 2.75) is 26.7 Å². The van der Waals surface area contributed by atoms with Crippen LogP contribution >= 0.6 is 0 Å². The molecule has 3 aromatic rings. The Kier molecular flexibility index (Phi) is 7.50. The number of hydrogen-bond acceptors (Lipinski definition) is 6. The molecule has 1 heterocycles. The zero-order valence-electron chi connectivity index (χ0n) is 18.9. The fourth-order valence-electron chi connectivity index (χ4n) is 3.37. The van der Waals surface area contributed by atoms with Gasteiger partial charge in [-0.15, -0.1) is 9.35 Å². The lowest BCUT2D eigenvalue weighted by Gasteiger charge is -2.27. The third kappa shape index (κ3) is 5.77. The Labute approximate surface area is 193 Å². The molecule has 0 radical (unpaired) electrons. The lowest BCUT2D eigenvalue weighted by molar-refractivity contribution is 0.276. The summed E-state index contributed by atoms with van der Waals surface area (Å²) in [6, 6.07) is 15.7. The molecule has 0 saturated carbocycles. The van der Waals surface area contributed by atoms with E-state index in [0.29, 0.717) is 29.9 Å². The minimum Gasteiger partial charge on any atom is -0.341 e. The van der Waals surface area contributed by atoms with Crippen LogP contribution in [0.25, 0.3) is 11.1 Å². The topological polar surface area (TPSA) is 99.7 Å². The van der Waals surface area contributed by atoms with E-state index in [0.717, 1.165) is 16.9 Å². The van der Waals surface area contributed by atoms with Gasteiger partial charge in [0.15, 0.2) is 0 Å². The molecule has 1 N–H and O–H groups in total. The summed E-state index contributed by atoms with van der Waals surface area (Å²) in [5, 5.41) is 13.2. The summed E-state index contributed by atoms with van der Waals surface area (Å²) >= 11 is 0. The van der Waals surface area contributed by atoms with Crippen LogP contribution in [-0.4, -0.2) is 43.8 Å². The Balaban J connectivity index is 1.89. The van der Waals surface area contributed by atoms with E-state index in [1.54, 1.807) is 11.0 Å². The molecule has 0 spiro atoms. The van der Waals surface area contributed by atoms with E-state index in [-0.39, 0.29) is 23.6 Å². The first-order valence-corrected chi connectivity index (χ1v) is 12.3. The molecule has 3 rings (SSSR count). The predicted molar refractivity (Wildman–Crippen MR) is 125 cm³/mol. The average Bonchev–Trinajstić information content (AvgIpc) is 3.27. The average molecular weight is 475 g/mol. The number of guanidine groups is 1. The van der Waals surface area contributed by atoms with Gasteiger partial charge in [0.2, 0.25) is 5.96 Å². The van der Waals surface area contributed by atoms with Crippen LogP contribution in [-0.2, 0) is 14.4 Å². The Bertz CT molecular complexity index is 1210. The van der Waals surface area contributed by atoms with Gasteiger partial charge in [-0.1, -0.05) is 54.5 Å². The number of nitrogens with zero attached hydrogens (tertiary/aromatic N) is 3. The molecule has 0 aliphatic carbocycles. The molecule has 0 amide bonds. The van der Waals surface area contributed by atoms with Crippen molar-refractivity contribution in [2.75, 3.05) is 24.4 Å². The molecule has 8 nitrogen and oxygen atoms in total. The zero-order chi connectivity index (χ0) is 24.2. The van der Waals surface area contributed by atoms with Gasteiger partial charge in [0.25, 0.3) is 16.0 Å². The Morgan fingerprint density at radius 1 is 1.15 bits per heavy atom. The molecule has 0 bridgehead atoms. The van der Waals surface area contributed by atoms with Crippen LogP contribution in [0.15, 0.2) is 59.1 Å². The maximum absolute atomic E-state index is 14.8. The molecule has 176 valence electrons. The fourth-order valence-corrected chi connectivity index (χ4v) is 3.78. The predicted octanol–water partition coefficient (Wildman–Crippen LogP) is 4.61. The van der Waals surface area contributed by atoms with Crippen molar-refractivity contribution in [3.8, 4) is 11.1 Å². The summed E-state index contributed by atoms with van der Waals surface area (Å²) in [6.07, 6.45) is 0.881. The number of nitrogens with one attached hydrogen (secondary N) is 1. The van der Waals surface area contributed by atoms with Gasteiger partial charge >= 0.3 is 0 Å². The normalized spacial score (nSPS) is 12.4. The van der Waals surface area contributed by atoms with Crippen LogP contribution < -0.4 is 5.06 Å². The van der Waals surface area contributed by atoms with Gasteiger partial charge in [-0.3, -0.25) is 5.41 Å². The number of aromatic nitrogens is 1. The summed E-state index contributed by atoms with van der Waals surface area (Å²) < 4.78 is 48.7. The summed E-state index contributed by atoms with van der Waals surface area (Å²) in [4.78, 5) is 1.59. The van der Waals surface area contributed by atoms with Gasteiger partial charge in [0.05, 0.1) is 11.9 Å². The highest BCUT2D eigenvalue weighted by Gasteiger charge is 2.27. The molecular formula is C23H27FN4O4S. The first-order valence-electron chi connectivity index (χ1n) is 10.5. The molecule has 10 heteroatoms. The molecule has 2 aromatic carbocycles. The molecule has 0 aliphatic rings. The fraction of sp³-hybridized carbons (Fsp3) is 0.304. The molecule has 0 fully saturated rings. The number of anilines is 1. The lowest BCUT2D eigenvalue weighted by Crippen LogP contribution is -2.44. The van der Waals surface area contributed by atoms with Gasteiger partial charge in [-0.2, -0.15) is 8.42 Å². The summed E-state index contributed by atoms with van der Waals surface area (Å²) in [7, 11) is -3.95. The monoisotopic (exact) mass is 474 g/mol. The molecular weight excluding hydrogens is 447 g/mol. The van der Waals surface area contributed by atoms with Crippen LogP contribution in [0, 0.1) is 11.2 Å². The van der Waals surface area contributed by atoms with Crippen molar-refractivity contribution >= 4 is 22.0 Å². The first-order chi connectivity index (χ1) is 15.6. The van der Waals surface area contributed by atoms with Gasteiger partial charge in [-0.05, 0) is 31.0 Å². The van der Waals surface area contributed by atoms with Gasteiger partial charge in [0, 0.05) is 30.6 Å². The molecule has 1 aromatic heterocycles. The van der Waals surface area contributed by atoms with E-state index in [1.165, 1.54) is 12.1 Å². The number of benzene rings is 2. The second-order valence-corrected chi connectivity index (χ2v) is 9.04. The number of hydroxylamine groups is 1. The highest BCUT2D eigenvalue weighted by molar-refractivity contribution is 7.86. The van der Waals surface area contributed by atoms with Crippen molar-refractivity contribution in [2.24, 2.45) is 0 Å². The Morgan fingerprint density at radius 3 is 2.39 bits per heavy atom. The third-order valence-corrected chi connectivity index (χ3v) is 5.62. The van der Waals surface area contributed by atoms with E-state index in [4.69, 9.17) is 14.2 Å². The van der Waals surface area contributed by atoms with Crippen LogP contribution in [0.5, 0.6) is 0 Å². The molecule has 1 atom stereocenters. The second-order valence-electron chi connectivity index (χ2n) is 7.49. The van der Waals surface area contributed by atoms with E-state index >= 15 is 0 Å². The summed E-state index contributed by atoms with van der Waals surface area (Å²) in [5.41, 5.74) is 2.38. The van der Waals surface area contributed by atoms with E-state index in [9.17, 15) is 12.8 Å². The number of rotatable bonds is 8. The molecule has 1 unspecified atom stereocenters. The number of hydrogen-bond donors (Lipinski definition) is 1. The first kappa shape index (κ1) is 24.4. The van der Waals surface area contributed by atoms with Crippen molar-refractivity contribution < 1.29 is 21.6 Å². The van der Waals surface area contributed by atoms with Gasteiger partial charge in [0.1, 0.15) is 5.82 Å². The van der Waals surface area contributed by atoms with Gasteiger partial charge < -0.3 is 9.42 Å². The standard InChI is InChI=1S/C23H27FN4O4S/c1-5-27(6-2)23(25)28(32-33(4,29)30)22-15-21(26-31-22)16(3)18-12-13-19(20(24)14-18)17-10-8-7-9-11-17/h7-16,25H,5-6H2,1-4H3. The van der Waals surface area contributed by atoms with Crippen LogP contribution in [0.1, 0.15) is 37.9 Å². The van der Waals surface area contributed by atoms with E-state index in [1.807, 2.05) is 57.2 Å². The number of halogens is 1. The van der Waals surface area contributed by atoms with Crippen molar-refractivity contribution in [3.63, 3.8) is 0 Å². The third-order valence-electron chi connectivity index (χ3n) is 5.20. The molecule has 0 saturated heterocycles. The summed E-state index contributed by atoms with van der Waals surface area (Å²) in [5.74, 6) is -0.997. The largest absolute Gasteiger partial charge is 0.341 e. The Hall–Kier alpha value is -3.24. The smallest absolute Gasteiger partial charge is 0.285 e. The van der Waals surface area contributed by atoms with E-state index in [2.05, 4.69) is 5.16 Å². The van der Waals surface area contributed by atoms with Crippen LogP contribution in [0.3, 0.4) is 0 Å². The summed E-state index contributed by atoms with van der Waals surface area (Å²) in [6.45, 7) is 6.42. The quantitative estimate of drug-likeness (QED) is 0.289. The highest BCUT2D eigenvalue weighted by Crippen LogP contribution is 2.31. The van der Waals surface area contributed by atoms with Crippen molar-refractivity contribution in [1.82, 2.24) is 10.1 Å². The molecule has 0 aliphatic heterocycles. The maximum atomic E-state index is 14.8. The van der Waals surface area contributed by atoms with Gasteiger partial charge in [-0.25, -0.2) is 4.39 Å². The SMILES string of the molecule is CCN(CC)C(=N)N(OS(C)(=O)=O)c1cc(C(C)c2ccc(-c3ccccc3)c(F)c2)no1. The maximum Gasteiger partial charge on any atom is 0.285 e.